The summed E-state index contributed by atoms with van der Waals surface area (Å²) in [6.45, 7) is 0. The molecule has 0 aliphatic carbocycles. The smallest absolute Gasteiger partial charge is 0.338 e. The van der Waals surface area contributed by atoms with Gasteiger partial charge in [0.25, 0.3) is 0 Å². The molecule has 1 aromatic heterocycles. The number of benzene rings is 1. The van der Waals surface area contributed by atoms with Gasteiger partial charge in [0.2, 0.25) is 0 Å². The van der Waals surface area contributed by atoms with Gasteiger partial charge in [0.15, 0.2) is 0 Å². The van der Waals surface area contributed by atoms with E-state index in [9.17, 15) is 4.79 Å². The van der Waals surface area contributed by atoms with Crippen molar-refractivity contribution in [3.63, 3.8) is 0 Å². The molecule has 0 saturated heterocycles. The molecule has 0 amide bonds. The second-order valence-electron chi connectivity index (χ2n) is 4.49. The lowest BCUT2D eigenvalue weighted by Gasteiger charge is -2.11. The molecule has 4 nitrogen and oxygen atoms in total. The zero-order valence-corrected chi connectivity index (χ0v) is 13.1. The van der Waals surface area contributed by atoms with E-state index < -0.39 is 0 Å². The molecule has 0 N–H and O–H groups in total. The van der Waals surface area contributed by atoms with Crippen LogP contribution in [0.15, 0.2) is 35.1 Å². The molecule has 2 aromatic rings. The number of fused-ring (bicyclic) bond motifs is 1. The van der Waals surface area contributed by atoms with Gasteiger partial charge in [-0.1, -0.05) is 22.0 Å². The average molecular weight is 335 g/mol. The molecule has 20 heavy (non-hydrogen) atoms. The molecule has 0 bridgehead atoms. The van der Waals surface area contributed by atoms with Crippen LogP contribution in [-0.2, 0) is 4.74 Å². The largest absolute Gasteiger partial charge is 0.465 e. The third-order valence-corrected chi connectivity index (χ3v) is 3.48. The van der Waals surface area contributed by atoms with Gasteiger partial charge in [-0.05, 0) is 24.4 Å². The maximum absolute atomic E-state index is 12.0. The summed E-state index contributed by atoms with van der Waals surface area (Å²) in [4.78, 5) is 18.2. The number of pyridine rings is 1. The van der Waals surface area contributed by atoms with E-state index in [1.807, 2.05) is 43.4 Å². The van der Waals surface area contributed by atoms with Gasteiger partial charge in [0, 0.05) is 35.7 Å². The van der Waals surface area contributed by atoms with Crippen molar-refractivity contribution >= 4 is 38.9 Å². The van der Waals surface area contributed by atoms with Crippen LogP contribution in [0, 0.1) is 0 Å². The van der Waals surface area contributed by atoms with Crippen molar-refractivity contribution in [2.75, 3.05) is 21.2 Å². The number of carbonyl (C=O) groups is 1. The molecule has 0 radical (unpaired) electrons. The molecule has 0 atom stereocenters. The standard InChI is InChI=1S/C15H15BrN2O2/c1-18(2)8-6-10-12(15(19)20-3)9-13(16)11-5-4-7-17-14(10)11/h4-9H,1-3H3/b8-6+. The molecule has 1 heterocycles. The Kier molecular flexibility index (Phi) is 4.39. The number of hydrogen-bond acceptors (Lipinski definition) is 4. The van der Waals surface area contributed by atoms with Gasteiger partial charge in [0.05, 0.1) is 18.2 Å². The maximum atomic E-state index is 12.0. The van der Waals surface area contributed by atoms with E-state index in [4.69, 9.17) is 4.74 Å². The van der Waals surface area contributed by atoms with Crippen molar-refractivity contribution in [1.29, 1.82) is 0 Å². The van der Waals surface area contributed by atoms with Gasteiger partial charge in [-0.15, -0.1) is 0 Å². The zero-order chi connectivity index (χ0) is 14.7. The molecule has 0 fully saturated rings. The molecular weight excluding hydrogens is 320 g/mol. The van der Waals surface area contributed by atoms with Crippen LogP contribution < -0.4 is 0 Å². The molecule has 1 aromatic carbocycles. The molecule has 2 rings (SSSR count). The molecule has 0 unspecified atom stereocenters. The average Bonchev–Trinajstić information content (AvgIpc) is 2.45. The number of hydrogen-bond donors (Lipinski definition) is 0. The topological polar surface area (TPSA) is 42.4 Å². The number of rotatable bonds is 3. The molecule has 0 aliphatic rings. The second-order valence-corrected chi connectivity index (χ2v) is 5.34. The van der Waals surface area contributed by atoms with Crippen LogP contribution in [0.2, 0.25) is 0 Å². The summed E-state index contributed by atoms with van der Waals surface area (Å²) in [5.41, 5.74) is 2.01. The first-order valence-corrected chi connectivity index (χ1v) is 6.84. The third-order valence-electron chi connectivity index (χ3n) is 2.83. The summed E-state index contributed by atoms with van der Waals surface area (Å²) in [6.07, 6.45) is 5.46. The van der Waals surface area contributed by atoms with E-state index in [1.54, 1.807) is 12.3 Å². The fraction of sp³-hybridized carbons (Fsp3) is 0.200. The van der Waals surface area contributed by atoms with Crippen LogP contribution in [0.1, 0.15) is 15.9 Å². The van der Waals surface area contributed by atoms with Crippen LogP contribution >= 0.6 is 15.9 Å². The third kappa shape index (κ3) is 2.82. The van der Waals surface area contributed by atoms with E-state index in [1.165, 1.54) is 7.11 Å². The van der Waals surface area contributed by atoms with Gasteiger partial charge >= 0.3 is 5.97 Å². The monoisotopic (exact) mass is 334 g/mol. The van der Waals surface area contributed by atoms with Crippen LogP contribution in [0.25, 0.3) is 17.0 Å². The van der Waals surface area contributed by atoms with Gasteiger partial charge in [-0.25, -0.2) is 4.79 Å². The highest BCUT2D eigenvalue weighted by Crippen LogP contribution is 2.30. The van der Waals surface area contributed by atoms with Gasteiger partial charge in [0.1, 0.15) is 0 Å². The van der Waals surface area contributed by atoms with Crippen LogP contribution in [0.4, 0.5) is 0 Å². The van der Waals surface area contributed by atoms with Gasteiger partial charge in [-0.2, -0.15) is 0 Å². The van der Waals surface area contributed by atoms with E-state index in [0.29, 0.717) is 5.56 Å². The first-order chi connectivity index (χ1) is 9.54. The van der Waals surface area contributed by atoms with Crippen molar-refractivity contribution in [3.8, 4) is 0 Å². The van der Waals surface area contributed by atoms with E-state index in [0.717, 1.165) is 20.9 Å². The zero-order valence-electron chi connectivity index (χ0n) is 11.6. The maximum Gasteiger partial charge on any atom is 0.338 e. The summed E-state index contributed by atoms with van der Waals surface area (Å²) < 4.78 is 5.67. The summed E-state index contributed by atoms with van der Waals surface area (Å²) in [6, 6.07) is 5.59. The quantitative estimate of drug-likeness (QED) is 0.807. The lowest BCUT2D eigenvalue weighted by Crippen LogP contribution is -2.06. The highest BCUT2D eigenvalue weighted by molar-refractivity contribution is 9.10. The van der Waals surface area contributed by atoms with Gasteiger partial charge in [-0.3, -0.25) is 4.98 Å². The van der Waals surface area contributed by atoms with E-state index in [-0.39, 0.29) is 5.97 Å². The normalized spacial score (nSPS) is 11.0. The highest BCUT2D eigenvalue weighted by Gasteiger charge is 2.16. The van der Waals surface area contributed by atoms with Crippen molar-refractivity contribution in [2.45, 2.75) is 0 Å². The molecule has 0 saturated carbocycles. The van der Waals surface area contributed by atoms with Crippen molar-refractivity contribution < 1.29 is 9.53 Å². The predicted molar refractivity (Wildman–Crippen MR) is 83.5 cm³/mol. The van der Waals surface area contributed by atoms with E-state index in [2.05, 4.69) is 20.9 Å². The molecular formula is C15H15BrN2O2. The number of esters is 1. The Hall–Kier alpha value is -1.88. The predicted octanol–water partition coefficient (Wildman–Crippen LogP) is 3.32. The fourth-order valence-electron chi connectivity index (χ4n) is 1.89. The summed E-state index contributed by atoms with van der Waals surface area (Å²) >= 11 is 3.48. The molecule has 104 valence electrons. The molecule has 5 heteroatoms. The Morgan fingerprint density at radius 1 is 1.45 bits per heavy atom. The van der Waals surface area contributed by atoms with Crippen LogP contribution in [0.3, 0.4) is 0 Å². The Labute approximate surface area is 126 Å². The Morgan fingerprint density at radius 2 is 2.20 bits per heavy atom. The number of aromatic nitrogens is 1. The van der Waals surface area contributed by atoms with E-state index >= 15 is 0 Å². The first-order valence-electron chi connectivity index (χ1n) is 6.04. The number of halogens is 1. The summed E-state index contributed by atoms with van der Waals surface area (Å²) in [5.74, 6) is -0.378. The fourth-order valence-corrected chi connectivity index (χ4v) is 2.44. The first kappa shape index (κ1) is 14.5. The minimum absolute atomic E-state index is 0.378. The Morgan fingerprint density at radius 3 is 2.85 bits per heavy atom. The summed E-state index contributed by atoms with van der Waals surface area (Å²) in [7, 11) is 5.21. The lowest BCUT2D eigenvalue weighted by molar-refractivity contribution is 0.0600. The number of methoxy groups -OCH3 is 1. The van der Waals surface area contributed by atoms with Crippen LogP contribution in [-0.4, -0.2) is 37.1 Å². The minimum atomic E-state index is -0.378. The molecule has 0 spiro atoms. The lowest BCUT2D eigenvalue weighted by atomic mass is 10.0. The Balaban J connectivity index is 2.77. The Bertz CT molecular complexity index is 681. The van der Waals surface area contributed by atoms with Gasteiger partial charge < -0.3 is 9.64 Å². The van der Waals surface area contributed by atoms with Crippen LogP contribution in [0.5, 0.6) is 0 Å². The SMILES string of the molecule is COC(=O)c1cc(Br)c2cccnc2c1/C=C/N(C)C. The second kappa shape index (κ2) is 6.05. The van der Waals surface area contributed by atoms with Crippen molar-refractivity contribution in [2.24, 2.45) is 0 Å². The summed E-state index contributed by atoms with van der Waals surface area (Å²) in [5, 5.41) is 0.957. The number of nitrogens with zero attached hydrogens (tertiary/aromatic N) is 2. The molecule has 0 aliphatic heterocycles. The van der Waals surface area contributed by atoms with Crippen molar-refractivity contribution in [3.05, 3.63) is 46.2 Å². The number of carbonyl (C=O) groups excluding carboxylic acids is 1. The highest BCUT2D eigenvalue weighted by atomic mass is 79.9. The van der Waals surface area contributed by atoms with Crippen molar-refractivity contribution in [1.82, 2.24) is 9.88 Å². The minimum Gasteiger partial charge on any atom is -0.465 e. The number of ether oxygens (including phenoxy) is 1.